The predicted octanol–water partition coefficient (Wildman–Crippen LogP) is 2.51. The molecule has 0 fully saturated rings. The molecule has 0 aliphatic heterocycles. The molecule has 0 aromatic heterocycles. The van der Waals surface area contributed by atoms with Crippen molar-refractivity contribution < 1.29 is 5.11 Å². The van der Waals surface area contributed by atoms with E-state index in [4.69, 9.17) is 0 Å². The highest BCUT2D eigenvalue weighted by atomic mass is 32.2. The molecule has 0 saturated heterocycles. The van der Waals surface area contributed by atoms with Crippen molar-refractivity contribution in [3.05, 3.63) is 0 Å². The molecule has 0 heterocycles. The SMILES string of the molecule is CC(C)CSC[C@@H](C)NCCC(C)(C)O. The van der Waals surface area contributed by atoms with E-state index in [9.17, 15) is 5.11 Å². The van der Waals surface area contributed by atoms with Crippen molar-refractivity contribution in [1.82, 2.24) is 5.32 Å². The zero-order valence-electron chi connectivity index (χ0n) is 10.8. The van der Waals surface area contributed by atoms with Crippen LogP contribution in [0.3, 0.4) is 0 Å². The van der Waals surface area contributed by atoms with Crippen LogP contribution in [0.25, 0.3) is 0 Å². The quantitative estimate of drug-likeness (QED) is 0.676. The van der Waals surface area contributed by atoms with Gasteiger partial charge in [0.05, 0.1) is 5.60 Å². The molecule has 0 spiro atoms. The second-order valence-corrected chi connectivity index (χ2v) is 6.42. The minimum absolute atomic E-state index is 0.538. The van der Waals surface area contributed by atoms with Crippen molar-refractivity contribution in [2.24, 2.45) is 5.92 Å². The fourth-order valence-electron chi connectivity index (χ4n) is 1.16. The summed E-state index contributed by atoms with van der Waals surface area (Å²) in [5.74, 6) is 3.17. The maximum absolute atomic E-state index is 9.53. The van der Waals surface area contributed by atoms with Crippen molar-refractivity contribution in [2.75, 3.05) is 18.1 Å². The lowest BCUT2D eigenvalue weighted by Crippen LogP contribution is -2.33. The summed E-state index contributed by atoms with van der Waals surface area (Å²) in [5, 5.41) is 13.0. The molecule has 3 heteroatoms. The first-order chi connectivity index (χ1) is 6.81. The van der Waals surface area contributed by atoms with E-state index < -0.39 is 5.60 Å². The van der Waals surface area contributed by atoms with Gasteiger partial charge in [0.15, 0.2) is 0 Å². The molecule has 0 aromatic carbocycles. The first-order valence-corrected chi connectivity index (χ1v) is 7.00. The van der Waals surface area contributed by atoms with E-state index in [0.29, 0.717) is 6.04 Å². The summed E-state index contributed by atoms with van der Waals surface area (Å²) in [6.07, 6.45) is 0.812. The molecule has 0 saturated carbocycles. The molecule has 1 atom stereocenters. The summed E-state index contributed by atoms with van der Waals surface area (Å²) in [6.45, 7) is 11.3. The van der Waals surface area contributed by atoms with Crippen LogP contribution < -0.4 is 5.32 Å². The van der Waals surface area contributed by atoms with Crippen LogP contribution in [0.2, 0.25) is 0 Å². The van der Waals surface area contributed by atoms with Crippen LogP contribution in [0.1, 0.15) is 41.0 Å². The monoisotopic (exact) mass is 233 g/mol. The maximum atomic E-state index is 9.53. The lowest BCUT2D eigenvalue weighted by Gasteiger charge is -2.19. The van der Waals surface area contributed by atoms with Gasteiger partial charge in [0.2, 0.25) is 0 Å². The minimum Gasteiger partial charge on any atom is -0.390 e. The van der Waals surface area contributed by atoms with E-state index in [2.05, 4.69) is 26.1 Å². The molecule has 0 aromatic rings. The molecule has 92 valence electrons. The third-order valence-corrected chi connectivity index (χ3v) is 3.69. The van der Waals surface area contributed by atoms with E-state index in [1.165, 1.54) is 5.75 Å². The van der Waals surface area contributed by atoms with Crippen LogP contribution in [0, 0.1) is 5.92 Å². The summed E-state index contributed by atoms with van der Waals surface area (Å²) in [4.78, 5) is 0. The number of nitrogens with one attached hydrogen (secondary N) is 1. The van der Waals surface area contributed by atoms with Gasteiger partial charge in [-0.15, -0.1) is 0 Å². The molecular weight excluding hydrogens is 206 g/mol. The molecule has 0 amide bonds. The van der Waals surface area contributed by atoms with Gasteiger partial charge in [0.1, 0.15) is 0 Å². The summed E-state index contributed by atoms with van der Waals surface area (Å²) < 4.78 is 0. The topological polar surface area (TPSA) is 32.3 Å². The lowest BCUT2D eigenvalue weighted by atomic mass is 10.1. The van der Waals surface area contributed by atoms with Gasteiger partial charge in [-0.25, -0.2) is 0 Å². The smallest absolute Gasteiger partial charge is 0.0603 e. The van der Waals surface area contributed by atoms with E-state index in [-0.39, 0.29) is 0 Å². The van der Waals surface area contributed by atoms with Crippen LogP contribution in [0.15, 0.2) is 0 Å². The summed E-state index contributed by atoms with van der Waals surface area (Å²) >= 11 is 2.00. The van der Waals surface area contributed by atoms with Crippen LogP contribution in [-0.2, 0) is 0 Å². The van der Waals surface area contributed by atoms with Gasteiger partial charge in [0, 0.05) is 11.8 Å². The normalized spacial score (nSPS) is 14.6. The van der Waals surface area contributed by atoms with E-state index in [0.717, 1.165) is 24.6 Å². The van der Waals surface area contributed by atoms with Gasteiger partial charge < -0.3 is 10.4 Å². The Labute approximate surface area is 99.2 Å². The molecule has 2 N–H and O–H groups in total. The number of thioether (sulfide) groups is 1. The maximum Gasteiger partial charge on any atom is 0.0603 e. The Morgan fingerprint density at radius 2 is 1.80 bits per heavy atom. The van der Waals surface area contributed by atoms with Crippen molar-refractivity contribution in [3.63, 3.8) is 0 Å². The Morgan fingerprint density at radius 3 is 2.27 bits per heavy atom. The molecule has 0 aliphatic rings. The third-order valence-electron chi connectivity index (χ3n) is 2.05. The molecular formula is C12H27NOS. The standard InChI is InChI=1S/C12H27NOS/c1-10(2)8-15-9-11(3)13-7-6-12(4,5)14/h10-11,13-14H,6-9H2,1-5H3/t11-/m1/s1. The average molecular weight is 233 g/mol. The van der Waals surface area contributed by atoms with Gasteiger partial charge in [-0.2, -0.15) is 11.8 Å². The van der Waals surface area contributed by atoms with Gasteiger partial charge in [-0.1, -0.05) is 13.8 Å². The number of rotatable bonds is 8. The minimum atomic E-state index is -0.544. The fourth-order valence-corrected chi connectivity index (χ4v) is 2.24. The second-order valence-electron chi connectivity index (χ2n) is 5.35. The molecule has 0 rings (SSSR count). The number of hydrogen-bond donors (Lipinski definition) is 2. The van der Waals surface area contributed by atoms with E-state index in [1.54, 1.807) is 0 Å². The molecule has 0 unspecified atom stereocenters. The van der Waals surface area contributed by atoms with Crippen LogP contribution >= 0.6 is 11.8 Å². The lowest BCUT2D eigenvalue weighted by molar-refractivity contribution is 0.0707. The van der Waals surface area contributed by atoms with E-state index in [1.807, 2.05) is 25.6 Å². The van der Waals surface area contributed by atoms with Gasteiger partial charge in [-0.05, 0) is 45.4 Å². The Hall–Kier alpha value is 0.270. The third kappa shape index (κ3) is 12.2. The first-order valence-electron chi connectivity index (χ1n) is 5.85. The zero-order chi connectivity index (χ0) is 11.9. The predicted molar refractivity (Wildman–Crippen MR) is 70.5 cm³/mol. The Kier molecular flexibility index (Phi) is 7.66. The average Bonchev–Trinajstić information content (AvgIpc) is 2.00. The van der Waals surface area contributed by atoms with Gasteiger partial charge >= 0.3 is 0 Å². The van der Waals surface area contributed by atoms with Crippen molar-refractivity contribution in [3.8, 4) is 0 Å². The molecule has 2 nitrogen and oxygen atoms in total. The van der Waals surface area contributed by atoms with Crippen LogP contribution in [0.4, 0.5) is 0 Å². The van der Waals surface area contributed by atoms with Gasteiger partial charge in [-0.3, -0.25) is 0 Å². The highest BCUT2D eigenvalue weighted by molar-refractivity contribution is 7.99. The van der Waals surface area contributed by atoms with Crippen LogP contribution in [0.5, 0.6) is 0 Å². The Morgan fingerprint density at radius 1 is 1.20 bits per heavy atom. The highest BCUT2D eigenvalue weighted by Crippen LogP contribution is 2.09. The van der Waals surface area contributed by atoms with E-state index >= 15 is 0 Å². The van der Waals surface area contributed by atoms with Crippen molar-refractivity contribution in [2.45, 2.75) is 52.7 Å². The summed E-state index contributed by atoms with van der Waals surface area (Å²) in [7, 11) is 0. The second kappa shape index (κ2) is 7.53. The number of aliphatic hydroxyl groups is 1. The Balaban J connectivity index is 3.37. The highest BCUT2D eigenvalue weighted by Gasteiger charge is 2.12. The largest absolute Gasteiger partial charge is 0.390 e. The number of hydrogen-bond acceptors (Lipinski definition) is 3. The molecule has 0 bridgehead atoms. The van der Waals surface area contributed by atoms with Crippen molar-refractivity contribution >= 4 is 11.8 Å². The van der Waals surface area contributed by atoms with Gasteiger partial charge in [0.25, 0.3) is 0 Å². The fraction of sp³-hybridized carbons (Fsp3) is 1.00. The summed E-state index contributed by atoms with van der Waals surface area (Å²) in [6, 6.07) is 0.538. The zero-order valence-corrected chi connectivity index (χ0v) is 11.7. The molecule has 0 aliphatic carbocycles. The Bertz CT molecular complexity index is 154. The molecule has 0 radical (unpaired) electrons. The van der Waals surface area contributed by atoms with Crippen LogP contribution in [-0.4, -0.2) is 34.8 Å². The molecule has 15 heavy (non-hydrogen) atoms. The summed E-state index contributed by atoms with van der Waals surface area (Å²) in [5.41, 5.74) is -0.544. The first kappa shape index (κ1) is 15.3. The van der Waals surface area contributed by atoms with Crippen molar-refractivity contribution in [1.29, 1.82) is 0 Å².